The number of nitrogens with zero attached hydrogens (tertiary/aromatic N) is 3. The summed E-state index contributed by atoms with van der Waals surface area (Å²) in [6.07, 6.45) is 0.382. The van der Waals surface area contributed by atoms with Gasteiger partial charge in [0.05, 0.1) is 0 Å². The molecule has 0 aliphatic carbocycles. The summed E-state index contributed by atoms with van der Waals surface area (Å²) >= 11 is 0. The Labute approximate surface area is 163 Å². The van der Waals surface area contributed by atoms with E-state index < -0.39 is 0 Å². The summed E-state index contributed by atoms with van der Waals surface area (Å²) in [5.74, 6) is -0.674. The van der Waals surface area contributed by atoms with E-state index in [1.54, 1.807) is 4.90 Å². The maximum Gasteiger partial charge on any atom is 0.254 e. The molecule has 28 heavy (non-hydrogen) atoms. The Bertz CT molecular complexity index is 813. The van der Waals surface area contributed by atoms with Crippen LogP contribution in [0.2, 0.25) is 0 Å². The first kappa shape index (κ1) is 17.6. The fourth-order valence-electron chi connectivity index (χ4n) is 4.68. The quantitative estimate of drug-likeness (QED) is 0.688. The number of carbonyl (C=O) groups excluding carboxylic acids is 3. The largest absolute Gasteiger partial charge is 0.369 e. The number of fused-ring (bicyclic) bond motifs is 1. The zero-order valence-electron chi connectivity index (χ0n) is 15.8. The van der Waals surface area contributed by atoms with Gasteiger partial charge in [0.1, 0.15) is 0 Å². The fourth-order valence-corrected chi connectivity index (χ4v) is 4.68. The molecule has 4 aliphatic heterocycles. The molecule has 0 aromatic heterocycles. The fraction of sp³-hybridized carbons (Fsp3) is 0.550. The number of hydrogen-bond donors (Lipinski definition) is 2. The Kier molecular flexibility index (Phi) is 4.32. The molecule has 0 radical (unpaired) electrons. The van der Waals surface area contributed by atoms with E-state index in [1.165, 1.54) is 0 Å². The number of imide groups is 1. The molecule has 0 atom stereocenters. The van der Waals surface area contributed by atoms with E-state index in [2.05, 4.69) is 26.5 Å². The van der Waals surface area contributed by atoms with Crippen molar-refractivity contribution in [3.05, 3.63) is 29.3 Å². The third-order valence-corrected chi connectivity index (χ3v) is 6.44. The predicted octanol–water partition coefficient (Wildman–Crippen LogP) is -0.459. The number of nitrogens with one attached hydrogen (secondary N) is 2. The van der Waals surface area contributed by atoms with Gasteiger partial charge in [-0.25, -0.2) is 0 Å². The van der Waals surface area contributed by atoms with E-state index in [0.717, 1.165) is 50.5 Å². The average Bonchev–Trinajstić information content (AvgIpc) is 2.96. The molecule has 4 aliphatic rings. The van der Waals surface area contributed by atoms with Gasteiger partial charge in [0.15, 0.2) is 0 Å². The maximum atomic E-state index is 12.8. The van der Waals surface area contributed by atoms with Crippen LogP contribution in [0.3, 0.4) is 0 Å². The molecule has 3 saturated heterocycles. The lowest BCUT2D eigenvalue weighted by molar-refractivity contribution is -0.135. The van der Waals surface area contributed by atoms with Crippen molar-refractivity contribution in [2.24, 2.45) is 0 Å². The molecular weight excluding hydrogens is 358 g/mol. The van der Waals surface area contributed by atoms with Gasteiger partial charge in [-0.2, -0.15) is 0 Å². The van der Waals surface area contributed by atoms with Crippen molar-refractivity contribution in [2.75, 3.05) is 44.2 Å². The molecule has 0 bridgehead atoms. The molecule has 8 nitrogen and oxygen atoms in total. The van der Waals surface area contributed by atoms with Crippen LogP contribution in [-0.4, -0.2) is 78.9 Å². The van der Waals surface area contributed by atoms with Crippen LogP contribution >= 0.6 is 0 Å². The third-order valence-electron chi connectivity index (χ3n) is 6.44. The predicted molar refractivity (Wildman–Crippen MR) is 103 cm³/mol. The average molecular weight is 383 g/mol. The summed E-state index contributed by atoms with van der Waals surface area (Å²) in [5, 5.41) is 5.64. The molecule has 1 aromatic rings. The second-order valence-corrected chi connectivity index (χ2v) is 8.14. The van der Waals surface area contributed by atoms with E-state index in [4.69, 9.17) is 0 Å². The summed E-state index contributed by atoms with van der Waals surface area (Å²) in [7, 11) is 0. The number of anilines is 1. The number of benzene rings is 1. The van der Waals surface area contributed by atoms with Crippen molar-refractivity contribution in [3.8, 4) is 0 Å². The molecule has 3 amide bonds. The highest BCUT2D eigenvalue weighted by Crippen LogP contribution is 2.31. The van der Waals surface area contributed by atoms with E-state index in [-0.39, 0.29) is 36.6 Å². The molecule has 148 valence electrons. The molecule has 8 heteroatoms. The molecule has 2 N–H and O–H groups in total. The van der Waals surface area contributed by atoms with Crippen molar-refractivity contribution in [1.82, 2.24) is 20.4 Å². The highest BCUT2D eigenvalue weighted by molar-refractivity contribution is 6.02. The van der Waals surface area contributed by atoms with Crippen LogP contribution in [-0.2, 0) is 16.1 Å². The lowest BCUT2D eigenvalue weighted by Gasteiger charge is -2.44. The second-order valence-electron chi connectivity index (χ2n) is 8.14. The SMILES string of the molecule is O=C1CC(N2Cc3cc(N4CCN(C5CNC5)CC4)ccc3C2=O)CC(=O)N1. The Morgan fingerprint density at radius 1 is 0.893 bits per heavy atom. The Morgan fingerprint density at radius 2 is 1.61 bits per heavy atom. The molecule has 0 unspecified atom stereocenters. The van der Waals surface area contributed by atoms with Gasteiger partial charge in [0.2, 0.25) is 11.8 Å². The Balaban J connectivity index is 1.28. The normalized spacial score (nSPS) is 24.4. The first-order valence-corrected chi connectivity index (χ1v) is 10.0. The van der Waals surface area contributed by atoms with Crippen LogP contribution in [0.1, 0.15) is 28.8 Å². The molecule has 0 spiro atoms. The topological polar surface area (TPSA) is 85.0 Å². The number of rotatable bonds is 3. The number of piperazine rings is 1. The third kappa shape index (κ3) is 3.06. The Hall–Kier alpha value is -2.45. The van der Waals surface area contributed by atoms with Gasteiger partial charge in [0, 0.05) is 82.0 Å². The van der Waals surface area contributed by atoms with Crippen LogP contribution in [0.15, 0.2) is 18.2 Å². The summed E-state index contributed by atoms with van der Waals surface area (Å²) in [5.41, 5.74) is 2.84. The summed E-state index contributed by atoms with van der Waals surface area (Å²) < 4.78 is 0. The van der Waals surface area contributed by atoms with E-state index in [9.17, 15) is 14.4 Å². The van der Waals surface area contributed by atoms with Crippen LogP contribution < -0.4 is 15.5 Å². The maximum absolute atomic E-state index is 12.8. The van der Waals surface area contributed by atoms with E-state index in [0.29, 0.717) is 18.2 Å². The summed E-state index contributed by atoms with van der Waals surface area (Å²) in [4.78, 5) is 42.8. The van der Waals surface area contributed by atoms with Gasteiger partial charge < -0.3 is 15.1 Å². The standard InChI is InChI=1S/C20H25N5O3/c26-18-8-15(9-19(27)22-18)25-12-13-7-14(1-2-17(13)20(25)28)23-3-5-24(6-4-23)16-10-21-11-16/h1-2,7,15-16,21H,3-6,8-12H2,(H,22,26,27). The zero-order valence-corrected chi connectivity index (χ0v) is 15.8. The van der Waals surface area contributed by atoms with Crippen molar-refractivity contribution in [1.29, 1.82) is 0 Å². The smallest absolute Gasteiger partial charge is 0.254 e. The lowest BCUT2D eigenvalue weighted by Crippen LogP contribution is -2.61. The van der Waals surface area contributed by atoms with Gasteiger partial charge >= 0.3 is 0 Å². The van der Waals surface area contributed by atoms with Crippen molar-refractivity contribution in [3.63, 3.8) is 0 Å². The highest BCUT2D eigenvalue weighted by Gasteiger charge is 2.37. The van der Waals surface area contributed by atoms with Crippen molar-refractivity contribution in [2.45, 2.75) is 31.5 Å². The minimum atomic E-state index is -0.343. The van der Waals surface area contributed by atoms with Gasteiger partial charge in [-0.05, 0) is 23.8 Å². The number of carbonyl (C=O) groups is 3. The zero-order chi connectivity index (χ0) is 19.3. The Morgan fingerprint density at radius 3 is 2.25 bits per heavy atom. The van der Waals surface area contributed by atoms with Gasteiger partial charge in [-0.3, -0.25) is 24.6 Å². The monoisotopic (exact) mass is 383 g/mol. The summed E-state index contributed by atoms with van der Waals surface area (Å²) in [6.45, 7) is 6.77. The first-order valence-electron chi connectivity index (χ1n) is 10.0. The summed E-state index contributed by atoms with van der Waals surface area (Å²) in [6, 6.07) is 6.38. The van der Waals surface area contributed by atoms with Crippen LogP contribution in [0.25, 0.3) is 0 Å². The lowest BCUT2D eigenvalue weighted by atomic mass is 10.0. The molecule has 5 rings (SSSR count). The second kappa shape index (κ2) is 6.86. The molecule has 4 heterocycles. The number of amides is 3. The van der Waals surface area contributed by atoms with Crippen molar-refractivity contribution < 1.29 is 14.4 Å². The number of piperidine rings is 1. The highest BCUT2D eigenvalue weighted by atomic mass is 16.2. The van der Waals surface area contributed by atoms with Crippen LogP contribution in [0.4, 0.5) is 5.69 Å². The van der Waals surface area contributed by atoms with Crippen LogP contribution in [0, 0.1) is 0 Å². The molecule has 3 fully saturated rings. The van der Waals surface area contributed by atoms with Gasteiger partial charge in [-0.1, -0.05) is 0 Å². The van der Waals surface area contributed by atoms with Gasteiger partial charge in [-0.15, -0.1) is 0 Å². The molecular formula is C20H25N5O3. The van der Waals surface area contributed by atoms with Crippen molar-refractivity contribution >= 4 is 23.4 Å². The number of hydrogen-bond acceptors (Lipinski definition) is 6. The molecule has 1 aromatic carbocycles. The van der Waals surface area contributed by atoms with Gasteiger partial charge in [0.25, 0.3) is 5.91 Å². The van der Waals surface area contributed by atoms with E-state index in [1.807, 2.05) is 12.1 Å². The van der Waals surface area contributed by atoms with Crippen LogP contribution in [0.5, 0.6) is 0 Å². The first-order chi connectivity index (χ1) is 13.6. The molecule has 0 saturated carbocycles. The minimum Gasteiger partial charge on any atom is -0.369 e. The van der Waals surface area contributed by atoms with E-state index >= 15 is 0 Å². The minimum absolute atomic E-state index is 0.0728.